The summed E-state index contributed by atoms with van der Waals surface area (Å²) >= 11 is 5.77. The highest BCUT2D eigenvalue weighted by Gasteiger charge is 2.11. The molecule has 0 bridgehead atoms. The first-order valence-electron chi connectivity index (χ1n) is 5.28. The lowest BCUT2D eigenvalue weighted by molar-refractivity contribution is 0.173. The van der Waals surface area contributed by atoms with Crippen LogP contribution in [0.1, 0.15) is 24.2 Å². The molecule has 0 N–H and O–H groups in total. The molecule has 1 aromatic heterocycles. The molecule has 5 nitrogen and oxygen atoms in total. The summed E-state index contributed by atoms with van der Waals surface area (Å²) < 4.78 is 12.0. The summed E-state index contributed by atoms with van der Waals surface area (Å²) in [4.78, 5) is 0. The molecule has 0 radical (unpaired) electrons. The molecule has 1 rings (SSSR count). The molecule has 0 aliphatic rings. The molecule has 0 atom stereocenters. The predicted molar refractivity (Wildman–Crippen MR) is 61.4 cm³/mol. The summed E-state index contributed by atoms with van der Waals surface area (Å²) in [7, 11) is 3.36. The van der Waals surface area contributed by atoms with Crippen molar-refractivity contribution < 1.29 is 9.47 Å². The number of hydrogen-bond acceptors (Lipinski definition) is 4. The van der Waals surface area contributed by atoms with Crippen molar-refractivity contribution in [3.8, 4) is 0 Å². The molecule has 0 amide bonds. The van der Waals surface area contributed by atoms with E-state index in [9.17, 15) is 0 Å². The van der Waals surface area contributed by atoms with Crippen molar-refractivity contribution in [1.82, 2.24) is 15.0 Å². The highest BCUT2D eigenvalue weighted by Crippen LogP contribution is 2.10. The lowest BCUT2D eigenvalue weighted by atomic mass is 10.3. The quantitative estimate of drug-likeness (QED) is 0.517. The molecule has 16 heavy (non-hydrogen) atoms. The number of unbranched alkanes of at least 4 members (excludes halogenated alkanes) is 1. The number of methoxy groups -OCH3 is 2. The molecule has 0 aliphatic carbocycles. The summed E-state index contributed by atoms with van der Waals surface area (Å²) in [6.45, 7) is 2.10. The van der Waals surface area contributed by atoms with Crippen LogP contribution in [0.5, 0.6) is 0 Å². The Morgan fingerprint density at radius 2 is 2.06 bits per heavy atom. The fourth-order valence-electron chi connectivity index (χ4n) is 1.45. The Bertz CT molecular complexity index is 304. The van der Waals surface area contributed by atoms with Gasteiger partial charge in [0, 0.05) is 27.4 Å². The maximum Gasteiger partial charge on any atom is 0.103 e. The van der Waals surface area contributed by atoms with Gasteiger partial charge in [0.15, 0.2) is 0 Å². The van der Waals surface area contributed by atoms with Gasteiger partial charge in [0.05, 0.1) is 18.2 Å². The van der Waals surface area contributed by atoms with Gasteiger partial charge in [0.2, 0.25) is 0 Å². The summed E-state index contributed by atoms with van der Waals surface area (Å²) in [5, 5.41) is 8.09. The first kappa shape index (κ1) is 13.4. The Morgan fingerprint density at radius 1 is 1.25 bits per heavy atom. The molecule has 0 fully saturated rings. The second kappa shape index (κ2) is 7.60. The van der Waals surface area contributed by atoms with Crippen LogP contribution in [0.3, 0.4) is 0 Å². The third-order valence-corrected chi connectivity index (χ3v) is 2.55. The van der Waals surface area contributed by atoms with Crippen molar-refractivity contribution in [2.75, 3.05) is 20.8 Å². The van der Waals surface area contributed by atoms with E-state index < -0.39 is 0 Å². The number of aromatic nitrogens is 3. The van der Waals surface area contributed by atoms with E-state index in [2.05, 4.69) is 10.3 Å². The van der Waals surface area contributed by atoms with Crippen molar-refractivity contribution in [2.45, 2.75) is 31.9 Å². The number of rotatable bonds is 8. The summed E-state index contributed by atoms with van der Waals surface area (Å²) in [5.74, 6) is 0.372. The lowest BCUT2D eigenvalue weighted by Gasteiger charge is -2.06. The fourth-order valence-corrected chi connectivity index (χ4v) is 1.66. The molecule has 0 aliphatic heterocycles. The monoisotopic (exact) mass is 247 g/mol. The molecule has 92 valence electrons. The van der Waals surface area contributed by atoms with Gasteiger partial charge in [-0.3, -0.25) is 0 Å². The van der Waals surface area contributed by atoms with Gasteiger partial charge in [-0.05, 0) is 12.8 Å². The van der Waals surface area contributed by atoms with Gasteiger partial charge in [-0.1, -0.05) is 5.21 Å². The second-order valence-corrected chi connectivity index (χ2v) is 3.74. The van der Waals surface area contributed by atoms with Gasteiger partial charge in [0.1, 0.15) is 5.69 Å². The van der Waals surface area contributed by atoms with Gasteiger partial charge in [0.25, 0.3) is 0 Å². The number of nitrogens with zero attached hydrogens (tertiary/aromatic N) is 3. The highest BCUT2D eigenvalue weighted by atomic mass is 35.5. The number of ether oxygens (including phenoxy) is 2. The predicted octanol–water partition coefficient (Wildman–Crippen LogP) is 1.59. The van der Waals surface area contributed by atoms with Crippen LogP contribution in [0.15, 0.2) is 0 Å². The topological polar surface area (TPSA) is 49.2 Å². The van der Waals surface area contributed by atoms with E-state index in [1.54, 1.807) is 14.2 Å². The van der Waals surface area contributed by atoms with Crippen molar-refractivity contribution in [2.24, 2.45) is 0 Å². The van der Waals surface area contributed by atoms with Gasteiger partial charge >= 0.3 is 0 Å². The van der Waals surface area contributed by atoms with Crippen molar-refractivity contribution in [3.63, 3.8) is 0 Å². The van der Waals surface area contributed by atoms with E-state index in [1.165, 1.54) is 0 Å². The van der Waals surface area contributed by atoms with Gasteiger partial charge in [-0.25, -0.2) is 4.68 Å². The molecule has 0 saturated carbocycles. The zero-order valence-corrected chi connectivity index (χ0v) is 10.5. The molecule has 0 spiro atoms. The number of halogens is 1. The molecular weight excluding hydrogens is 230 g/mol. The van der Waals surface area contributed by atoms with Crippen LogP contribution in [0.25, 0.3) is 0 Å². The minimum Gasteiger partial charge on any atom is -0.385 e. The number of hydrogen-bond donors (Lipinski definition) is 0. The summed E-state index contributed by atoms with van der Waals surface area (Å²) in [6.07, 6.45) is 2.02. The minimum absolute atomic E-state index is 0.372. The minimum atomic E-state index is 0.372. The fraction of sp³-hybridized carbons (Fsp3) is 0.800. The van der Waals surface area contributed by atoms with Crippen molar-refractivity contribution in [1.29, 1.82) is 0 Å². The zero-order valence-electron chi connectivity index (χ0n) is 9.78. The van der Waals surface area contributed by atoms with Crippen LogP contribution >= 0.6 is 11.6 Å². The van der Waals surface area contributed by atoms with E-state index >= 15 is 0 Å². The Hall–Kier alpha value is -0.650. The first-order chi connectivity index (χ1) is 7.83. The Kier molecular flexibility index (Phi) is 6.37. The zero-order chi connectivity index (χ0) is 11.8. The Labute approximate surface area is 101 Å². The maximum absolute atomic E-state index is 5.77. The smallest absolute Gasteiger partial charge is 0.103 e. The van der Waals surface area contributed by atoms with E-state index in [0.29, 0.717) is 12.5 Å². The molecular formula is C10H18ClN3O2. The first-order valence-corrected chi connectivity index (χ1v) is 5.82. The van der Waals surface area contributed by atoms with Crippen LogP contribution in [0.4, 0.5) is 0 Å². The average molecular weight is 248 g/mol. The summed E-state index contributed by atoms with van der Waals surface area (Å²) in [5.41, 5.74) is 1.77. The molecule has 0 aromatic carbocycles. The Balaban J connectivity index is 2.53. The van der Waals surface area contributed by atoms with E-state index in [1.807, 2.05) is 4.68 Å². The van der Waals surface area contributed by atoms with Crippen LogP contribution in [-0.2, 0) is 28.5 Å². The number of aryl methyl sites for hydroxylation is 1. The normalized spacial score (nSPS) is 10.9. The average Bonchev–Trinajstić information content (AvgIpc) is 2.68. The second-order valence-electron chi connectivity index (χ2n) is 3.47. The van der Waals surface area contributed by atoms with Crippen LogP contribution < -0.4 is 0 Å². The number of alkyl halides is 1. The largest absolute Gasteiger partial charge is 0.385 e. The lowest BCUT2D eigenvalue weighted by Crippen LogP contribution is -2.08. The van der Waals surface area contributed by atoms with Crippen molar-refractivity contribution >= 4 is 11.6 Å². The summed E-state index contributed by atoms with van der Waals surface area (Å²) in [6, 6.07) is 0. The molecule has 0 unspecified atom stereocenters. The highest BCUT2D eigenvalue weighted by molar-refractivity contribution is 6.16. The third kappa shape index (κ3) is 3.73. The molecule has 1 heterocycles. The Morgan fingerprint density at radius 3 is 2.69 bits per heavy atom. The van der Waals surface area contributed by atoms with Crippen LogP contribution in [0, 0.1) is 0 Å². The van der Waals surface area contributed by atoms with E-state index in [0.717, 1.165) is 37.4 Å². The standard InChI is InChI=1S/C10H18ClN3O2/c1-15-6-4-3-5-14-10(8-16-2)9(7-11)12-13-14/h3-8H2,1-2H3. The molecule has 6 heteroatoms. The van der Waals surface area contributed by atoms with Gasteiger partial charge < -0.3 is 9.47 Å². The molecule has 0 saturated heterocycles. The SMILES string of the molecule is COCCCCn1nnc(CCl)c1COC. The van der Waals surface area contributed by atoms with E-state index in [-0.39, 0.29) is 0 Å². The van der Waals surface area contributed by atoms with Gasteiger partial charge in [-0.2, -0.15) is 0 Å². The van der Waals surface area contributed by atoms with E-state index in [4.69, 9.17) is 21.1 Å². The van der Waals surface area contributed by atoms with Crippen LogP contribution in [0.2, 0.25) is 0 Å². The van der Waals surface area contributed by atoms with Gasteiger partial charge in [-0.15, -0.1) is 16.7 Å². The maximum atomic E-state index is 5.77. The van der Waals surface area contributed by atoms with Crippen LogP contribution in [-0.4, -0.2) is 35.8 Å². The third-order valence-electron chi connectivity index (χ3n) is 2.29. The van der Waals surface area contributed by atoms with Crippen molar-refractivity contribution in [3.05, 3.63) is 11.4 Å². The molecule has 1 aromatic rings.